The van der Waals surface area contributed by atoms with Gasteiger partial charge >= 0.3 is 11.9 Å². The monoisotopic (exact) mass is 434 g/mol. The molecule has 3 aliphatic rings. The van der Waals surface area contributed by atoms with Gasteiger partial charge in [0, 0.05) is 18.3 Å². The Morgan fingerprint density at radius 2 is 2.03 bits per heavy atom. The summed E-state index contributed by atoms with van der Waals surface area (Å²) in [5.41, 5.74) is 1.13. The molecule has 0 aromatic carbocycles. The van der Waals surface area contributed by atoms with Crippen LogP contribution < -0.4 is 0 Å². The zero-order valence-corrected chi connectivity index (χ0v) is 19.2. The van der Waals surface area contributed by atoms with Crippen molar-refractivity contribution in [1.29, 1.82) is 0 Å². The first-order chi connectivity index (χ1) is 14.7. The third-order valence-corrected chi connectivity index (χ3v) is 7.38. The number of rotatable bonds is 7. The van der Waals surface area contributed by atoms with E-state index in [0.717, 1.165) is 18.4 Å². The minimum Gasteiger partial charge on any atom is -0.462 e. The van der Waals surface area contributed by atoms with Crippen molar-refractivity contribution in [2.45, 2.75) is 90.6 Å². The fourth-order valence-corrected chi connectivity index (χ4v) is 5.23. The fraction of sp³-hybridized carbons (Fsp3) is 0.760. The number of hydrogen-bond donors (Lipinski definition) is 2. The Balaban J connectivity index is 1.79. The molecule has 9 atom stereocenters. The van der Waals surface area contributed by atoms with Crippen molar-refractivity contribution in [3.05, 3.63) is 23.8 Å². The molecule has 1 heterocycles. The average Bonchev–Trinajstić information content (AvgIpc) is 2.71. The van der Waals surface area contributed by atoms with Gasteiger partial charge in [-0.05, 0) is 50.0 Å². The van der Waals surface area contributed by atoms with Crippen LogP contribution in [0.3, 0.4) is 0 Å². The first-order valence-electron chi connectivity index (χ1n) is 11.9. The van der Waals surface area contributed by atoms with Crippen molar-refractivity contribution in [2.24, 2.45) is 29.6 Å². The highest BCUT2D eigenvalue weighted by molar-refractivity contribution is 5.72. The third-order valence-electron chi connectivity index (χ3n) is 7.38. The minimum atomic E-state index is -0.629. The van der Waals surface area contributed by atoms with E-state index in [9.17, 15) is 19.8 Å². The van der Waals surface area contributed by atoms with E-state index < -0.39 is 12.2 Å². The van der Waals surface area contributed by atoms with E-state index in [-0.39, 0.29) is 54.2 Å². The SMILES string of the molecule is CCC(C)C(=O)O[C@H]1C[C@@H](C(C)O)C=C2C=C[C@H](C)[C@H](CC[C@@H]3C[C@@H](O)CC(=O)O3)[C@H]21. The molecule has 6 heteroatoms. The fourth-order valence-electron chi connectivity index (χ4n) is 5.23. The van der Waals surface area contributed by atoms with Crippen molar-refractivity contribution < 1.29 is 29.3 Å². The Labute approximate surface area is 185 Å². The Bertz CT molecular complexity index is 711. The molecular weight excluding hydrogens is 396 g/mol. The zero-order chi connectivity index (χ0) is 22.7. The van der Waals surface area contributed by atoms with Gasteiger partial charge in [0.1, 0.15) is 12.2 Å². The lowest BCUT2D eigenvalue weighted by molar-refractivity contribution is -0.162. The van der Waals surface area contributed by atoms with Gasteiger partial charge < -0.3 is 19.7 Å². The summed E-state index contributed by atoms with van der Waals surface area (Å²) in [6.45, 7) is 7.82. The summed E-state index contributed by atoms with van der Waals surface area (Å²) in [5.74, 6) is -0.126. The molecule has 3 rings (SSSR count). The summed E-state index contributed by atoms with van der Waals surface area (Å²) in [5, 5.41) is 20.2. The molecule has 0 spiro atoms. The van der Waals surface area contributed by atoms with Crippen LogP contribution in [0.25, 0.3) is 0 Å². The Morgan fingerprint density at radius 3 is 2.68 bits per heavy atom. The van der Waals surface area contributed by atoms with Gasteiger partial charge in [0.15, 0.2) is 0 Å². The summed E-state index contributed by atoms with van der Waals surface area (Å²) >= 11 is 0. The number of cyclic esters (lactones) is 1. The highest BCUT2D eigenvalue weighted by Gasteiger charge is 2.43. The number of hydrogen-bond acceptors (Lipinski definition) is 6. The Kier molecular flexibility index (Phi) is 7.98. The predicted octanol–water partition coefficient (Wildman–Crippen LogP) is 3.56. The number of carbonyl (C=O) groups is 2. The summed E-state index contributed by atoms with van der Waals surface area (Å²) in [4.78, 5) is 24.4. The molecule has 1 fully saturated rings. The molecule has 1 saturated heterocycles. The van der Waals surface area contributed by atoms with Crippen LogP contribution in [0, 0.1) is 29.6 Å². The number of carbonyl (C=O) groups excluding carboxylic acids is 2. The first-order valence-corrected chi connectivity index (χ1v) is 11.9. The van der Waals surface area contributed by atoms with Gasteiger partial charge in [-0.2, -0.15) is 0 Å². The Hall–Kier alpha value is -1.66. The molecule has 6 nitrogen and oxygen atoms in total. The largest absolute Gasteiger partial charge is 0.462 e. The van der Waals surface area contributed by atoms with Crippen molar-refractivity contribution in [1.82, 2.24) is 0 Å². The summed E-state index contributed by atoms with van der Waals surface area (Å²) < 4.78 is 11.5. The summed E-state index contributed by atoms with van der Waals surface area (Å²) in [6, 6.07) is 0. The van der Waals surface area contributed by atoms with Crippen LogP contribution in [0.15, 0.2) is 23.8 Å². The minimum absolute atomic E-state index is 0.0471. The zero-order valence-electron chi connectivity index (χ0n) is 19.2. The van der Waals surface area contributed by atoms with E-state index in [1.165, 1.54) is 0 Å². The quantitative estimate of drug-likeness (QED) is 0.595. The smallest absolute Gasteiger partial charge is 0.308 e. The molecular formula is C25H38O6. The molecule has 0 bridgehead atoms. The van der Waals surface area contributed by atoms with Gasteiger partial charge in [-0.25, -0.2) is 0 Å². The normalized spacial score (nSPS) is 37.3. The van der Waals surface area contributed by atoms with Gasteiger partial charge in [0.05, 0.1) is 24.5 Å². The molecule has 2 aliphatic carbocycles. The van der Waals surface area contributed by atoms with E-state index in [1.807, 2.05) is 13.8 Å². The van der Waals surface area contributed by atoms with Crippen molar-refractivity contribution in [3.63, 3.8) is 0 Å². The number of aliphatic hydroxyl groups is 2. The molecule has 0 radical (unpaired) electrons. The van der Waals surface area contributed by atoms with Crippen molar-refractivity contribution >= 4 is 11.9 Å². The molecule has 1 aliphatic heterocycles. The van der Waals surface area contributed by atoms with Crippen LogP contribution in [-0.4, -0.2) is 46.6 Å². The van der Waals surface area contributed by atoms with Gasteiger partial charge in [0.2, 0.25) is 0 Å². The van der Waals surface area contributed by atoms with Gasteiger partial charge in [0.25, 0.3) is 0 Å². The van der Waals surface area contributed by atoms with Crippen molar-refractivity contribution in [2.75, 3.05) is 0 Å². The second kappa shape index (κ2) is 10.3. The van der Waals surface area contributed by atoms with Gasteiger partial charge in [-0.15, -0.1) is 0 Å². The summed E-state index contributed by atoms with van der Waals surface area (Å²) in [6.07, 6.45) is 8.16. The van der Waals surface area contributed by atoms with Crippen LogP contribution >= 0.6 is 0 Å². The molecule has 0 aromatic rings. The number of ether oxygens (including phenoxy) is 2. The molecule has 2 N–H and O–H groups in total. The van der Waals surface area contributed by atoms with Gasteiger partial charge in [-0.1, -0.05) is 39.0 Å². The molecule has 174 valence electrons. The second-order valence-electron chi connectivity index (χ2n) is 9.78. The summed E-state index contributed by atoms with van der Waals surface area (Å²) in [7, 11) is 0. The highest BCUT2D eigenvalue weighted by atomic mass is 16.5. The lowest BCUT2D eigenvalue weighted by atomic mass is 9.64. The number of allylic oxidation sites excluding steroid dienone is 2. The number of fused-ring (bicyclic) bond motifs is 1. The highest BCUT2D eigenvalue weighted by Crippen LogP contribution is 2.46. The van der Waals surface area contributed by atoms with Crippen LogP contribution in [0.1, 0.15) is 66.2 Å². The maximum Gasteiger partial charge on any atom is 0.308 e. The lowest BCUT2D eigenvalue weighted by Gasteiger charge is -2.44. The van der Waals surface area contributed by atoms with E-state index in [1.54, 1.807) is 6.92 Å². The average molecular weight is 435 g/mol. The van der Waals surface area contributed by atoms with E-state index >= 15 is 0 Å². The van der Waals surface area contributed by atoms with Gasteiger partial charge in [-0.3, -0.25) is 9.59 Å². The van der Waals surface area contributed by atoms with E-state index in [4.69, 9.17) is 9.47 Å². The number of aliphatic hydroxyl groups excluding tert-OH is 2. The standard InChI is InChI=1S/C25H38O6/c1-5-14(2)25(29)31-22-11-18(16(4)26)10-17-7-6-15(3)21(24(17)22)9-8-20-12-19(27)13-23(28)30-20/h6-7,10,14-16,18-22,24,26-27H,5,8-9,11-13H2,1-4H3/t14?,15-,16?,18-,19+,20+,21-,22-,24-/m0/s1. The van der Waals surface area contributed by atoms with Crippen LogP contribution in [0.2, 0.25) is 0 Å². The second-order valence-corrected chi connectivity index (χ2v) is 9.78. The van der Waals surface area contributed by atoms with Crippen molar-refractivity contribution in [3.8, 4) is 0 Å². The number of esters is 2. The molecule has 0 amide bonds. The predicted molar refractivity (Wildman–Crippen MR) is 117 cm³/mol. The van der Waals surface area contributed by atoms with Crippen LogP contribution in [-0.2, 0) is 19.1 Å². The maximum absolute atomic E-state index is 12.7. The molecule has 0 aromatic heterocycles. The molecule has 2 unspecified atom stereocenters. The van der Waals surface area contributed by atoms with E-state index in [2.05, 4.69) is 25.2 Å². The molecule has 31 heavy (non-hydrogen) atoms. The molecule has 0 saturated carbocycles. The third kappa shape index (κ3) is 5.78. The topological polar surface area (TPSA) is 93.1 Å². The van der Waals surface area contributed by atoms with Crippen LogP contribution in [0.4, 0.5) is 0 Å². The van der Waals surface area contributed by atoms with E-state index in [0.29, 0.717) is 25.2 Å². The lowest BCUT2D eigenvalue weighted by Crippen LogP contribution is -2.43. The Morgan fingerprint density at radius 1 is 1.29 bits per heavy atom. The maximum atomic E-state index is 12.7. The van der Waals surface area contributed by atoms with Crippen LogP contribution in [0.5, 0.6) is 0 Å². The first kappa shape index (κ1) is 24.0.